The molecule has 4 aliphatic rings. The van der Waals surface area contributed by atoms with Crippen molar-refractivity contribution < 1.29 is 9.42 Å². The molecule has 1 N–H and O–H groups in total. The first-order chi connectivity index (χ1) is 45.2. The van der Waals surface area contributed by atoms with Gasteiger partial charge in [-0.25, -0.2) is 4.68 Å². The van der Waals surface area contributed by atoms with E-state index in [1.807, 2.05) is 97.5 Å². The van der Waals surface area contributed by atoms with Crippen molar-refractivity contribution in [1.29, 1.82) is 0 Å². The van der Waals surface area contributed by atoms with E-state index in [2.05, 4.69) is 372 Å². The number of aryl methyl sites for hydroxylation is 11. The number of piperazine rings is 1. The van der Waals surface area contributed by atoms with E-state index in [0.29, 0.717) is 0 Å². The molecule has 21 nitrogen and oxygen atoms in total. The molecule has 0 aliphatic carbocycles. The maximum Gasteiger partial charge on any atom is 0.315 e. The second kappa shape index (κ2) is 31.8. The number of hydrogen-bond donors (Lipinski definition) is 1. The first kappa shape index (κ1) is 96.8. The number of aromatic nitrogens is 15. The lowest BCUT2D eigenvalue weighted by Gasteiger charge is -2.73. The lowest BCUT2D eigenvalue weighted by atomic mass is 9.41. The third kappa shape index (κ3) is 18.2. The molecule has 4 fully saturated rings. The third-order valence-corrected chi connectivity index (χ3v) is 33.0. The Kier molecular flexibility index (Phi) is 29.9. The molecule has 103 heavy (non-hydrogen) atoms. The van der Waals surface area contributed by atoms with Crippen molar-refractivity contribution in [1.82, 2.24) is 94.3 Å². The highest BCUT2D eigenvalue weighted by molar-refractivity contribution is 8.02. The number of likely N-dealkylation sites (N-methyl/N-ethyl adjacent to an activating group) is 3. The van der Waals surface area contributed by atoms with E-state index in [4.69, 9.17) is 4.74 Å². The van der Waals surface area contributed by atoms with Crippen molar-refractivity contribution in [3.8, 4) is 0 Å². The first-order valence-electron chi connectivity index (χ1n) is 37.6. The van der Waals surface area contributed by atoms with Gasteiger partial charge >= 0.3 is 5.82 Å². The van der Waals surface area contributed by atoms with Crippen LogP contribution in [-0.4, -0.2) is 206 Å². The van der Waals surface area contributed by atoms with Crippen LogP contribution < -0.4 is 4.68 Å². The van der Waals surface area contributed by atoms with Crippen molar-refractivity contribution in [2.24, 2.45) is 51.5 Å². The van der Waals surface area contributed by atoms with E-state index in [1.165, 1.54) is 11.3 Å². The molecule has 0 spiro atoms. The zero-order valence-corrected chi connectivity index (χ0v) is 78.1. The summed E-state index contributed by atoms with van der Waals surface area (Å²) in [5, 5.41) is 33.1. The zero-order valence-electron chi connectivity index (χ0n) is 77.3. The summed E-state index contributed by atoms with van der Waals surface area (Å²) in [6.45, 7) is 99.4. The summed E-state index contributed by atoms with van der Waals surface area (Å²) in [5.74, 6) is 4.73. The van der Waals surface area contributed by atoms with Crippen molar-refractivity contribution in [3.05, 3.63) is 57.5 Å². The summed E-state index contributed by atoms with van der Waals surface area (Å²) in [6.07, 6.45) is 0. The largest absolute Gasteiger partial charge is 0.366 e. The molecule has 0 saturated carbocycles. The number of H-pyrrole nitrogens is 1. The van der Waals surface area contributed by atoms with Crippen LogP contribution in [0.15, 0.2) is 0 Å². The Labute approximate surface area is 637 Å². The highest BCUT2D eigenvalue weighted by Crippen LogP contribution is 2.67. The predicted octanol–water partition coefficient (Wildman–Crippen LogP) is 16.0. The predicted molar refractivity (Wildman–Crippen MR) is 437 cm³/mol. The highest BCUT2D eigenvalue weighted by atomic mass is 32.2. The number of morpholine rings is 1. The van der Waals surface area contributed by atoms with Gasteiger partial charge in [0.2, 0.25) is 5.82 Å². The van der Waals surface area contributed by atoms with Crippen LogP contribution in [0.1, 0.15) is 293 Å². The number of nitrogens with zero attached hydrogens (tertiary/aromatic N) is 19. The number of ether oxygens (including phenoxy) is 1. The molecule has 4 saturated heterocycles. The molecule has 0 aromatic carbocycles. The Morgan fingerprint density at radius 2 is 0.670 bits per heavy atom. The van der Waals surface area contributed by atoms with Gasteiger partial charge in [0.05, 0.1) is 28.3 Å². The number of piperidine rings is 1. The van der Waals surface area contributed by atoms with Gasteiger partial charge in [-0.15, -0.1) is 32.2 Å². The molecule has 9 rings (SSSR count). The lowest BCUT2D eigenvalue weighted by molar-refractivity contribution is -0.734. The standard InChI is InChI=1S/C16H33N.C14H30N2.C13H27NO.C13H27NS.C7H12N2.3C5H9N3.C3H6N4/c1-12(2)13(3,4)15(7,8)17(11)16(9,10)14(12,5)6;1-11(2)12(3,4)16(10)14(7,8)13(5,6)15(11)9;2*1-10(2)12(5,6)15-13(7,8)11(3,4)14(10)9;1-5-6(2)8-9(4)7(5)3;1-4-6-7-5(2)8(4)3;1-4-6-5(2)8(3)7-4;1-4-5(2)8(3)7-6-4;1-3-4-5-6-7(3)2/h1-11H3;1-10H3;2*1-9H3;1-4H3;3*1-3H3;1-2H3/p+1. The maximum atomic E-state index is 6.32. The van der Waals surface area contributed by atoms with Crippen LogP contribution in [0.25, 0.3) is 0 Å². The zero-order chi connectivity index (χ0) is 82.5. The Morgan fingerprint density at radius 1 is 0.340 bits per heavy atom. The second-order valence-electron chi connectivity index (χ2n) is 38.9. The van der Waals surface area contributed by atoms with E-state index >= 15 is 0 Å². The molecule has 9 heterocycles. The normalized spacial score (nSPS) is 23.9. The summed E-state index contributed by atoms with van der Waals surface area (Å²) in [5.41, 5.74) is 7.85. The second-order valence-corrected chi connectivity index (χ2v) is 41.2. The SMILES string of the molecule is CN1C(C)(C)C(C)(C)C(C)(C)C(C)(C)C1(C)C.CN1C(C)(C)C(C)(C)N(C)C(C)(C)C1(C)C.CN1C(C)(C)C(C)(C)OC(C)(C)C1(C)C.CN1C(C)(C)C(C)(C)SC(C)(C)C1(C)C.Cc1nc(C)[n+](C)[nH]1.Cc1nn(C)c(C)c1C.Cc1nnc(C)n1C.Cc1nnn(C)c1C.Cc1nnnn1C. The fraction of sp³-hybridized carbons (Fsp3) is 0.877. The molecule has 598 valence electrons. The van der Waals surface area contributed by atoms with Crippen LogP contribution >= 0.6 is 11.8 Å². The molecular formula is C81H163N20OS+. The van der Waals surface area contributed by atoms with Gasteiger partial charge in [-0.1, -0.05) is 46.8 Å². The van der Waals surface area contributed by atoms with E-state index in [0.717, 1.165) is 46.2 Å². The number of thioether (sulfide) groups is 1. The molecule has 0 atom stereocenters. The van der Waals surface area contributed by atoms with Crippen LogP contribution in [-0.2, 0) is 40.0 Å². The van der Waals surface area contributed by atoms with E-state index < -0.39 is 0 Å². The van der Waals surface area contributed by atoms with Crippen molar-refractivity contribution in [3.63, 3.8) is 0 Å². The Morgan fingerprint density at radius 3 is 0.854 bits per heavy atom. The van der Waals surface area contributed by atoms with Crippen LogP contribution in [0, 0.1) is 85.5 Å². The molecule has 0 unspecified atom stereocenters. The maximum absolute atomic E-state index is 6.32. The Bertz CT molecular complexity index is 3210. The average Bonchev–Trinajstić information content (AvgIpc) is 0.970. The minimum atomic E-state index is -0.138. The Balaban J connectivity index is 0.000000589. The van der Waals surface area contributed by atoms with Crippen molar-refractivity contribution >= 4 is 11.8 Å². The number of nitrogens with one attached hydrogen (secondary N) is 1. The van der Waals surface area contributed by atoms with Gasteiger partial charge in [0.1, 0.15) is 24.5 Å². The minimum Gasteiger partial charge on any atom is -0.366 e. The summed E-state index contributed by atoms with van der Waals surface area (Å²) < 4.78 is 16.0. The van der Waals surface area contributed by atoms with Crippen molar-refractivity contribution in [2.45, 2.75) is 381 Å². The number of rotatable bonds is 0. The summed E-state index contributed by atoms with van der Waals surface area (Å²) in [4.78, 5) is 16.8. The summed E-state index contributed by atoms with van der Waals surface area (Å²) in [7, 11) is 20.8. The van der Waals surface area contributed by atoms with Gasteiger partial charge in [-0.05, 0) is 322 Å². The molecule has 0 bridgehead atoms. The first-order valence-corrected chi connectivity index (χ1v) is 38.4. The van der Waals surface area contributed by atoms with E-state index in [1.54, 1.807) is 16.4 Å². The summed E-state index contributed by atoms with van der Waals surface area (Å²) in [6, 6.07) is 0. The molecule has 5 aromatic rings. The topological polar surface area (TPSA) is 181 Å². The molecule has 0 radical (unpaired) electrons. The number of likely N-dealkylation sites (tertiary alicyclic amines) is 1. The van der Waals surface area contributed by atoms with E-state index in [-0.39, 0.29) is 92.3 Å². The molecule has 4 aliphatic heterocycles. The van der Waals surface area contributed by atoms with E-state index in [9.17, 15) is 0 Å². The quantitative estimate of drug-likeness (QED) is 0.144. The van der Waals surface area contributed by atoms with Crippen molar-refractivity contribution in [2.75, 3.05) is 35.2 Å². The molecule has 22 heteroatoms. The smallest absolute Gasteiger partial charge is 0.315 e. The van der Waals surface area contributed by atoms with Gasteiger partial charge < -0.3 is 9.30 Å². The number of aromatic amines is 1. The van der Waals surface area contributed by atoms with Crippen LogP contribution in [0.3, 0.4) is 0 Å². The molecule has 0 amide bonds. The van der Waals surface area contributed by atoms with Crippen LogP contribution in [0.4, 0.5) is 0 Å². The number of hydrogen-bond acceptors (Lipinski definition) is 16. The Hall–Kier alpha value is -4.19. The van der Waals surface area contributed by atoms with Gasteiger partial charge in [0.25, 0.3) is 0 Å². The molecular weight excluding hydrogens is 1300 g/mol. The third-order valence-electron chi connectivity index (χ3n) is 31.0. The van der Waals surface area contributed by atoms with Crippen LogP contribution in [0.2, 0.25) is 0 Å². The monoisotopic (exact) mass is 1460 g/mol. The summed E-state index contributed by atoms with van der Waals surface area (Å²) >= 11 is 2.12. The van der Waals surface area contributed by atoms with Gasteiger partial charge in [0, 0.05) is 113 Å². The fourth-order valence-corrected chi connectivity index (χ4v) is 16.6. The van der Waals surface area contributed by atoms with Crippen LogP contribution in [0.5, 0.6) is 0 Å². The highest BCUT2D eigenvalue weighted by Gasteiger charge is 2.67. The average molecular weight is 1470 g/mol. The van der Waals surface area contributed by atoms with Gasteiger partial charge in [-0.2, -0.15) is 14.9 Å². The minimum absolute atomic E-state index is 0.0337. The fourth-order valence-electron chi connectivity index (χ4n) is 14.5. The lowest BCUT2D eigenvalue weighted by Crippen LogP contribution is -2.82. The number of tetrazole rings is 1. The van der Waals surface area contributed by atoms with Gasteiger partial charge in [-0.3, -0.25) is 33.9 Å². The van der Waals surface area contributed by atoms with Gasteiger partial charge in [0.15, 0.2) is 0 Å². The molecule has 5 aromatic heterocycles.